The Morgan fingerprint density at radius 1 is 0.755 bits per heavy atom. The second kappa shape index (κ2) is 13.3. The van der Waals surface area contributed by atoms with Crippen LogP contribution in [-0.2, 0) is 28.2 Å². The van der Waals surface area contributed by atoms with Gasteiger partial charge in [0.1, 0.15) is 0 Å². The summed E-state index contributed by atoms with van der Waals surface area (Å²) in [5, 5.41) is 3.04. The first-order valence-corrected chi connectivity index (χ1v) is 21.1. The third-order valence-electron chi connectivity index (χ3n) is 11.3. The van der Waals surface area contributed by atoms with Crippen LogP contribution in [0.3, 0.4) is 0 Å². The van der Waals surface area contributed by atoms with Crippen molar-refractivity contribution in [3.63, 3.8) is 0 Å². The minimum atomic E-state index is -1.42. The number of hydrogen-bond donors (Lipinski definition) is 0. The summed E-state index contributed by atoms with van der Waals surface area (Å²) < 4.78 is 3.23. The zero-order chi connectivity index (χ0) is 35.5. The fraction of sp³-hybridized carbons (Fsp3) is 0.396. The normalized spacial score (nSPS) is 19.1. The fourth-order valence-corrected chi connectivity index (χ4v) is 13.1. The molecule has 1 atom stereocenters. The van der Waals surface area contributed by atoms with Gasteiger partial charge in [0.2, 0.25) is 0 Å². The molecule has 3 aromatic rings. The number of benzene rings is 3. The van der Waals surface area contributed by atoms with Crippen molar-refractivity contribution < 1.29 is 22.8 Å². The van der Waals surface area contributed by atoms with Gasteiger partial charge in [0.25, 0.3) is 0 Å². The molecule has 0 fully saturated rings. The molecule has 0 aromatic heterocycles. The van der Waals surface area contributed by atoms with Crippen molar-refractivity contribution in [3.05, 3.63) is 152 Å². The van der Waals surface area contributed by atoms with Crippen molar-refractivity contribution in [1.82, 2.24) is 0 Å². The molecule has 0 N–H and O–H groups in total. The van der Waals surface area contributed by atoms with Gasteiger partial charge in [-0.25, -0.2) is 0 Å². The Balaban J connectivity index is 1.93. The Morgan fingerprint density at radius 2 is 1.35 bits per heavy atom. The Bertz CT molecular complexity index is 2000. The molecule has 1 heteroatoms. The van der Waals surface area contributed by atoms with Crippen LogP contribution in [0.1, 0.15) is 118 Å². The molecule has 253 valence electrons. The predicted octanol–water partition coefficient (Wildman–Crippen LogP) is 11.2. The average Bonchev–Trinajstić information content (AvgIpc) is 3.68. The first-order chi connectivity index (χ1) is 23.1. The molecule has 0 radical (unpaired) electrons. The van der Waals surface area contributed by atoms with Crippen molar-refractivity contribution >= 4 is 12.1 Å². The van der Waals surface area contributed by atoms with Crippen LogP contribution >= 0.6 is 0 Å². The summed E-state index contributed by atoms with van der Waals surface area (Å²) in [6, 6.07) is 27.8. The van der Waals surface area contributed by atoms with Crippen molar-refractivity contribution in [2.45, 2.75) is 101 Å². The van der Waals surface area contributed by atoms with Gasteiger partial charge in [-0.2, -0.15) is 0 Å². The van der Waals surface area contributed by atoms with Crippen molar-refractivity contribution in [1.29, 1.82) is 0 Å². The van der Waals surface area contributed by atoms with Crippen LogP contribution in [-0.4, -0.2) is 3.21 Å². The number of allylic oxidation sites excluding steroid dienone is 8. The van der Waals surface area contributed by atoms with Crippen LogP contribution in [0.5, 0.6) is 0 Å². The van der Waals surface area contributed by atoms with E-state index in [-0.39, 0.29) is 16.2 Å². The molecular formula is C48H57Zr. The molecule has 0 saturated heterocycles. The van der Waals surface area contributed by atoms with Crippen LogP contribution in [0.4, 0.5) is 0 Å². The molecule has 0 aliphatic heterocycles. The molecule has 6 rings (SSSR count). The van der Waals surface area contributed by atoms with Crippen LogP contribution < -0.4 is 10.4 Å². The summed E-state index contributed by atoms with van der Waals surface area (Å²) in [6.45, 7) is 29.4. The van der Waals surface area contributed by atoms with E-state index in [9.17, 15) is 0 Å². The number of hydrogen-bond acceptors (Lipinski definition) is 0. The molecule has 0 amide bonds. The predicted molar refractivity (Wildman–Crippen MR) is 210 cm³/mol. The van der Waals surface area contributed by atoms with Gasteiger partial charge in [0, 0.05) is 0 Å². The maximum atomic E-state index is 2.72. The van der Waals surface area contributed by atoms with E-state index in [2.05, 4.69) is 180 Å². The third-order valence-corrected chi connectivity index (χ3v) is 15.2. The molecule has 3 aliphatic rings. The number of fused-ring (bicyclic) bond motifs is 2. The molecule has 1 unspecified atom stereocenters. The van der Waals surface area contributed by atoms with Crippen molar-refractivity contribution in [2.75, 3.05) is 0 Å². The zero-order valence-electron chi connectivity index (χ0n) is 32.2. The Labute approximate surface area is 308 Å². The Kier molecular flexibility index (Phi) is 9.78. The minimum absolute atomic E-state index is 0.0162. The summed E-state index contributed by atoms with van der Waals surface area (Å²) in [5.41, 5.74) is 13.5. The molecule has 3 aromatic carbocycles. The van der Waals surface area contributed by atoms with Crippen LogP contribution in [0.2, 0.25) is 0 Å². The second-order valence-corrected chi connectivity index (χ2v) is 20.5. The van der Waals surface area contributed by atoms with Crippen LogP contribution in [0.15, 0.2) is 119 Å². The summed E-state index contributed by atoms with van der Waals surface area (Å²) >= 11 is -1.42. The molecule has 3 aliphatic carbocycles. The molecule has 0 saturated carbocycles. The Hall–Kier alpha value is -2.89. The molecule has 49 heavy (non-hydrogen) atoms. The zero-order valence-corrected chi connectivity index (χ0v) is 34.6. The summed E-state index contributed by atoms with van der Waals surface area (Å²) in [4.78, 5) is 0. The summed E-state index contributed by atoms with van der Waals surface area (Å²) in [6.07, 6.45) is 10.9. The van der Waals surface area contributed by atoms with E-state index < -0.39 is 22.8 Å². The van der Waals surface area contributed by atoms with Gasteiger partial charge in [0.05, 0.1) is 0 Å². The first kappa shape index (κ1) is 35.9. The van der Waals surface area contributed by atoms with Crippen molar-refractivity contribution in [2.24, 2.45) is 22.7 Å². The van der Waals surface area contributed by atoms with E-state index in [1.165, 1.54) is 43.8 Å². The molecule has 0 nitrogen and oxygen atoms in total. The topological polar surface area (TPSA) is 0 Å². The first-order valence-electron chi connectivity index (χ1n) is 18.6. The maximum absolute atomic E-state index is 2.72. The average molecular weight is 725 g/mol. The molecule has 0 heterocycles. The van der Waals surface area contributed by atoms with Crippen molar-refractivity contribution in [3.8, 4) is 0 Å². The third kappa shape index (κ3) is 6.11. The van der Waals surface area contributed by atoms with E-state index in [0.29, 0.717) is 17.8 Å². The van der Waals surface area contributed by atoms with Gasteiger partial charge in [-0.1, -0.05) is 0 Å². The van der Waals surface area contributed by atoms with Gasteiger partial charge in [-0.3, -0.25) is 0 Å². The monoisotopic (exact) mass is 723 g/mol. The van der Waals surface area contributed by atoms with Gasteiger partial charge < -0.3 is 0 Å². The fourth-order valence-electron chi connectivity index (χ4n) is 9.20. The van der Waals surface area contributed by atoms with Gasteiger partial charge in [-0.05, 0) is 0 Å². The van der Waals surface area contributed by atoms with E-state index in [1.807, 2.05) is 0 Å². The SMILES string of the molecule is CC(C)C1=CC2=c3c(C(C)C)cc(C(C)(C)C)cc3=[C]([Zr]=[C](c3ccccc3)c3ccccc3)C2=C(C2=CC=CC2)C1(C(C)C)C(C)(C)C. The van der Waals surface area contributed by atoms with E-state index in [1.54, 1.807) is 23.2 Å². The second-order valence-electron chi connectivity index (χ2n) is 17.5. The van der Waals surface area contributed by atoms with Crippen LogP contribution in [0, 0.1) is 22.7 Å². The quantitative estimate of drug-likeness (QED) is 0.228. The summed E-state index contributed by atoms with van der Waals surface area (Å²) in [5.74, 6) is 1.29. The number of rotatable bonds is 7. The summed E-state index contributed by atoms with van der Waals surface area (Å²) in [7, 11) is 0. The van der Waals surface area contributed by atoms with E-state index >= 15 is 0 Å². The molecule has 0 spiro atoms. The molecular weight excluding hydrogens is 668 g/mol. The van der Waals surface area contributed by atoms with Crippen LogP contribution in [0.25, 0.3) is 8.85 Å². The van der Waals surface area contributed by atoms with Gasteiger partial charge >= 0.3 is 310 Å². The Morgan fingerprint density at radius 3 is 1.80 bits per heavy atom. The molecule has 0 bridgehead atoms. The standard InChI is InChI=1S/C35H47.C13H10.Zr/c1-21(2)27-19-26(33(7,8)9)17-25-18-29-28(31(25)27)20-30(22(3)4)35(23(5)6,34(10,11)12)32(29)24-15-13-14-16-24;1-3-7-12(8-4-1)11-13-9-5-2-6-10-13;/h13-15,17,19-23H,16H2,1-12H3;1-10H;. The van der Waals surface area contributed by atoms with E-state index in [4.69, 9.17) is 0 Å². The van der Waals surface area contributed by atoms with E-state index in [0.717, 1.165) is 6.42 Å². The van der Waals surface area contributed by atoms with Gasteiger partial charge in [-0.15, -0.1) is 0 Å². The van der Waals surface area contributed by atoms with Gasteiger partial charge in [0.15, 0.2) is 0 Å².